The zero-order valence-corrected chi connectivity index (χ0v) is 19.1. The Bertz CT molecular complexity index is 1250. The Balaban J connectivity index is 1.60. The van der Waals surface area contributed by atoms with Crippen molar-refractivity contribution in [3.63, 3.8) is 0 Å². The van der Waals surface area contributed by atoms with Gasteiger partial charge in [-0.1, -0.05) is 81.3 Å². The molecule has 0 aliphatic carbocycles. The summed E-state index contributed by atoms with van der Waals surface area (Å²) < 4.78 is 3.35. The lowest BCUT2D eigenvalue weighted by molar-refractivity contribution is 0.531. The van der Waals surface area contributed by atoms with Crippen LogP contribution in [0.4, 0.5) is 0 Å². The van der Waals surface area contributed by atoms with E-state index in [1.807, 2.05) is 36.4 Å². The van der Waals surface area contributed by atoms with Crippen LogP contribution in [-0.4, -0.2) is 35.0 Å². The predicted molar refractivity (Wildman–Crippen MR) is 129 cm³/mol. The summed E-state index contributed by atoms with van der Waals surface area (Å²) in [4.78, 5) is 13.0. The molecule has 170 valence electrons. The van der Waals surface area contributed by atoms with Gasteiger partial charge in [-0.15, -0.1) is 5.10 Å². The fourth-order valence-electron chi connectivity index (χ4n) is 3.80. The zero-order valence-electron chi connectivity index (χ0n) is 19.1. The summed E-state index contributed by atoms with van der Waals surface area (Å²) in [5, 5.41) is 18.8. The van der Waals surface area contributed by atoms with Gasteiger partial charge in [0.25, 0.3) is 0 Å². The lowest BCUT2D eigenvalue weighted by Gasteiger charge is -2.09. The van der Waals surface area contributed by atoms with Crippen LogP contribution in [0.25, 0.3) is 28.6 Å². The number of nitrogens with zero attached hydrogens (tertiary/aromatic N) is 6. The van der Waals surface area contributed by atoms with E-state index in [1.165, 1.54) is 0 Å². The summed E-state index contributed by atoms with van der Waals surface area (Å²) >= 11 is 0. The second-order valence-corrected chi connectivity index (χ2v) is 7.96. The number of unbranched alkanes of at least 4 members (excludes halogenated alkanes) is 2. The summed E-state index contributed by atoms with van der Waals surface area (Å²) in [6.07, 6.45) is 8.03. The standard InChI is InChI=1S/C25H29N7O/c1-3-5-9-17-32-25(33)31(23(28-32)12-6-4-2)18-19-13-15-20(16-14-19)21-10-7-8-11-22(21)24-26-29-30-27-24/h6-8,10-16H,3-5,9,17-18H2,1-2H3,(H,26,27,29,30). The smallest absolute Gasteiger partial charge is 0.271 e. The lowest BCUT2D eigenvalue weighted by Crippen LogP contribution is -2.25. The molecule has 8 heteroatoms. The van der Waals surface area contributed by atoms with Crippen LogP contribution in [-0.2, 0) is 13.1 Å². The van der Waals surface area contributed by atoms with Gasteiger partial charge in [0.1, 0.15) is 0 Å². The van der Waals surface area contributed by atoms with Gasteiger partial charge in [-0.25, -0.2) is 14.6 Å². The number of aromatic amines is 1. The molecule has 0 spiro atoms. The largest absolute Gasteiger partial charge is 0.346 e. The molecule has 0 unspecified atom stereocenters. The van der Waals surface area contributed by atoms with Crippen LogP contribution in [0.3, 0.4) is 0 Å². The van der Waals surface area contributed by atoms with Crippen molar-refractivity contribution in [2.24, 2.45) is 0 Å². The van der Waals surface area contributed by atoms with Crippen molar-refractivity contribution in [3.05, 3.63) is 76.5 Å². The maximum atomic E-state index is 13.0. The Hall–Kier alpha value is -3.81. The van der Waals surface area contributed by atoms with Gasteiger partial charge >= 0.3 is 5.69 Å². The Labute approximate surface area is 193 Å². The Kier molecular flexibility index (Phi) is 7.24. The summed E-state index contributed by atoms with van der Waals surface area (Å²) in [7, 11) is 0. The van der Waals surface area contributed by atoms with E-state index < -0.39 is 0 Å². The molecular weight excluding hydrogens is 414 g/mol. The molecule has 0 aliphatic rings. The SMILES string of the molecule is CCC=Cc1nn(CCCCC)c(=O)n1Cc1ccc(-c2ccccc2-c2nnn[nH]2)cc1. The number of nitrogens with one attached hydrogen (secondary N) is 1. The minimum atomic E-state index is -0.0610. The van der Waals surface area contributed by atoms with Gasteiger partial charge in [0, 0.05) is 12.1 Å². The average Bonchev–Trinajstić information content (AvgIpc) is 3.48. The molecule has 4 rings (SSSR count). The molecule has 0 saturated carbocycles. The van der Waals surface area contributed by atoms with Crippen molar-refractivity contribution in [1.29, 1.82) is 0 Å². The summed E-state index contributed by atoms with van der Waals surface area (Å²) in [5.74, 6) is 1.33. The highest BCUT2D eigenvalue weighted by Gasteiger charge is 2.13. The summed E-state index contributed by atoms with van der Waals surface area (Å²) in [6.45, 7) is 5.35. The van der Waals surface area contributed by atoms with Crippen molar-refractivity contribution in [1.82, 2.24) is 35.0 Å². The molecule has 0 saturated heterocycles. The first-order valence-corrected chi connectivity index (χ1v) is 11.5. The number of hydrogen-bond donors (Lipinski definition) is 1. The van der Waals surface area contributed by atoms with Gasteiger partial charge in [0.2, 0.25) is 0 Å². The second-order valence-electron chi connectivity index (χ2n) is 7.96. The molecule has 8 nitrogen and oxygen atoms in total. The number of H-pyrrole nitrogens is 1. The monoisotopic (exact) mass is 443 g/mol. The van der Waals surface area contributed by atoms with E-state index in [0.29, 0.717) is 24.7 Å². The van der Waals surface area contributed by atoms with Gasteiger partial charge in [0.15, 0.2) is 11.6 Å². The number of tetrazole rings is 1. The summed E-state index contributed by atoms with van der Waals surface area (Å²) in [6, 6.07) is 16.2. The Morgan fingerprint density at radius 1 is 1.00 bits per heavy atom. The summed E-state index contributed by atoms with van der Waals surface area (Å²) in [5.41, 5.74) is 4.01. The third-order valence-corrected chi connectivity index (χ3v) is 5.56. The number of allylic oxidation sites excluding steroid dienone is 1. The van der Waals surface area contributed by atoms with E-state index in [9.17, 15) is 4.79 Å². The highest BCUT2D eigenvalue weighted by Crippen LogP contribution is 2.29. The second kappa shape index (κ2) is 10.7. The molecule has 1 N–H and O–H groups in total. The fourth-order valence-corrected chi connectivity index (χ4v) is 3.80. The van der Waals surface area contributed by atoms with E-state index in [4.69, 9.17) is 0 Å². The molecule has 0 fully saturated rings. The normalized spacial score (nSPS) is 11.5. The maximum Gasteiger partial charge on any atom is 0.346 e. The van der Waals surface area contributed by atoms with Crippen LogP contribution in [0, 0.1) is 0 Å². The van der Waals surface area contributed by atoms with Crippen molar-refractivity contribution in [2.45, 2.75) is 52.6 Å². The molecular formula is C25H29N7O. The first kappa shape index (κ1) is 22.4. The molecule has 2 heterocycles. The van der Waals surface area contributed by atoms with Gasteiger partial charge in [-0.05, 0) is 46.0 Å². The van der Waals surface area contributed by atoms with Crippen LogP contribution in [0.2, 0.25) is 0 Å². The van der Waals surface area contributed by atoms with E-state index in [1.54, 1.807) is 9.25 Å². The number of aryl methyl sites for hydroxylation is 1. The van der Waals surface area contributed by atoms with Gasteiger partial charge < -0.3 is 0 Å². The highest BCUT2D eigenvalue weighted by atomic mass is 16.2. The van der Waals surface area contributed by atoms with Gasteiger partial charge in [0.05, 0.1) is 6.54 Å². The number of benzene rings is 2. The highest BCUT2D eigenvalue weighted by molar-refractivity contribution is 5.80. The first-order chi connectivity index (χ1) is 16.2. The molecule has 0 amide bonds. The van der Waals surface area contributed by atoms with Crippen molar-refractivity contribution >= 4 is 6.08 Å². The van der Waals surface area contributed by atoms with E-state index >= 15 is 0 Å². The molecule has 4 aromatic rings. The minimum absolute atomic E-state index is 0.0610. The van der Waals surface area contributed by atoms with E-state index in [2.05, 4.69) is 63.8 Å². The third kappa shape index (κ3) is 5.16. The van der Waals surface area contributed by atoms with Gasteiger partial charge in [-0.2, -0.15) is 5.10 Å². The quantitative estimate of drug-likeness (QED) is 0.363. The topological polar surface area (TPSA) is 94.3 Å². The average molecular weight is 444 g/mol. The van der Waals surface area contributed by atoms with Gasteiger partial charge in [-0.3, -0.25) is 4.57 Å². The molecule has 2 aromatic carbocycles. The fraction of sp³-hybridized carbons (Fsp3) is 0.320. The number of aromatic nitrogens is 7. The molecule has 0 bridgehead atoms. The van der Waals surface area contributed by atoms with Crippen LogP contribution in [0.5, 0.6) is 0 Å². The van der Waals surface area contributed by atoms with Crippen molar-refractivity contribution in [2.75, 3.05) is 0 Å². The maximum absolute atomic E-state index is 13.0. The third-order valence-electron chi connectivity index (χ3n) is 5.56. The minimum Gasteiger partial charge on any atom is -0.271 e. The zero-order chi connectivity index (χ0) is 23.0. The Morgan fingerprint density at radius 2 is 1.79 bits per heavy atom. The van der Waals surface area contributed by atoms with Crippen molar-refractivity contribution < 1.29 is 0 Å². The number of rotatable bonds is 10. The van der Waals surface area contributed by atoms with Crippen LogP contribution < -0.4 is 5.69 Å². The first-order valence-electron chi connectivity index (χ1n) is 11.5. The molecule has 0 atom stereocenters. The van der Waals surface area contributed by atoms with Crippen LogP contribution >= 0.6 is 0 Å². The predicted octanol–water partition coefficient (Wildman–Crippen LogP) is 4.55. The van der Waals surface area contributed by atoms with E-state index in [0.717, 1.165) is 47.9 Å². The van der Waals surface area contributed by atoms with E-state index in [-0.39, 0.29) is 5.69 Å². The molecule has 0 aliphatic heterocycles. The van der Waals surface area contributed by atoms with Crippen LogP contribution in [0.15, 0.2) is 59.4 Å². The van der Waals surface area contributed by atoms with Crippen molar-refractivity contribution in [3.8, 4) is 22.5 Å². The Morgan fingerprint density at radius 3 is 2.48 bits per heavy atom. The van der Waals surface area contributed by atoms with Crippen LogP contribution in [0.1, 0.15) is 50.9 Å². The molecule has 33 heavy (non-hydrogen) atoms. The number of hydrogen-bond acceptors (Lipinski definition) is 5. The molecule has 2 aromatic heterocycles. The molecule has 0 radical (unpaired) electrons. The lowest BCUT2D eigenvalue weighted by atomic mass is 9.98.